The van der Waals surface area contributed by atoms with Gasteiger partial charge in [0, 0.05) is 11.8 Å². The van der Waals surface area contributed by atoms with E-state index in [0.29, 0.717) is 17.0 Å². The predicted octanol–water partition coefficient (Wildman–Crippen LogP) is 4.28. The van der Waals surface area contributed by atoms with Gasteiger partial charge in [0.05, 0.1) is 7.11 Å². The molecule has 2 N–H and O–H groups in total. The van der Waals surface area contributed by atoms with Crippen molar-refractivity contribution in [3.63, 3.8) is 0 Å². The number of hydrogen-bond donors (Lipinski definition) is 2. The Morgan fingerprint density at radius 1 is 1.10 bits per heavy atom. The number of phenols is 1. The lowest BCUT2D eigenvalue weighted by Gasteiger charge is -2.19. The third-order valence-corrected chi connectivity index (χ3v) is 4.30. The number of rotatable bonds is 6. The van der Waals surface area contributed by atoms with E-state index in [9.17, 15) is 14.7 Å². The minimum absolute atomic E-state index is 0.00746. The first-order valence-corrected chi connectivity index (χ1v) is 9.27. The van der Waals surface area contributed by atoms with Gasteiger partial charge in [-0.3, -0.25) is 4.79 Å². The minimum atomic E-state index is -0.955. The summed E-state index contributed by atoms with van der Waals surface area (Å²) in [6.07, 6.45) is 1.78. The van der Waals surface area contributed by atoms with Gasteiger partial charge in [-0.15, -0.1) is 0 Å². The van der Waals surface area contributed by atoms with Crippen molar-refractivity contribution >= 4 is 23.6 Å². The van der Waals surface area contributed by atoms with Crippen molar-refractivity contribution in [1.82, 2.24) is 0 Å². The van der Waals surface area contributed by atoms with Crippen LogP contribution in [-0.4, -0.2) is 30.2 Å². The number of amides is 1. The molecule has 0 heterocycles. The first-order chi connectivity index (χ1) is 13.6. The number of anilines is 1. The molecular weight excluding hydrogens is 370 g/mol. The lowest BCUT2D eigenvalue weighted by molar-refractivity contribution is -0.148. The molecule has 0 aliphatic carbocycles. The molecule has 1 atom stereocenters. The first kappa shape index (κ1) is 22.0. The fourth-order valence-electron chi connectivity index (χ4n) is 2.53. The molecular formula is C23H27NO5. The van der Waals surface area contributed by atoms with Crippen molar-refractivity contribution in [1.29, 1.82) is 0 Å². The maximum absolute atomic E-state index is 12.3. The molecule has 1 amide bonds. The maximum Gasteiger partial charge on any atom is 0.331 e. The number of esters is 1. The van der Waals surface area contributed by atoms with Crippen LogP contribution in [0, 0.1) is 0 Å². The topological polar surface area (TPSA) is 84.9 Å². The Morgan fingerprint density at radius 2 is 1.76 bits per heavy atom. The molecule has 0 saturated carbocycles. The zero-order chi connectivity index (χ0) is 21.6. The van der Waals surface area contributed by atoms with Crippen LogP contribution in [0.15, 0.2) is 48.5 Å². The second-order valence-electron chi connectivity index (χ2n) is 7.66. The summed E-state index contributed by atoms with van der Waals surface area (Å²) in [6, 6.07) is 12.2. The van der Waals surface area contributed by atoms with Gasteiger partial charge >= 0.3 is 5.97 Å². The number of benzene rings is 2. The number of ether oxygens (including phenoxy) is 2. The van der Waals surface area contributed by atoms with Gasteiger partial charge in [-0.2, -0.15) is 0 Å². The zero-order valence-corrected chi connectivity index (χ0v) is 17.4. The van der Waals surface area contributed by atoms with E-state index in [2.05, 4.69) is 26.1 Å². The van der Waals surface area contributed by atoms with E-state index < -0.39 is 18.0 Å². The van der Waals surface area contributed by atoms with Gasteiger partial charge in [-0.05, 0) is 53.8 Å². The number of hydrogen-bond acceptors (Lipinski definition) is 5. The molecule has 0 fully saturated rings. The largest absolute Gasteiger partial charge is 0.504 e. The molecule has 0 aliphatic heterocycles. The van der Waals surface area contributed by atoms with Crippen LogP contribution in [-0.2, 0) is 19.7 Å². The predicted molar refractivity (Wildman–Crippen MR) is 113 cm³/mol. The van der Waals surface area contributed by atoms with Crippen LogP contribution in [0.25, 0.3) is 6.08 Å². The summed E-state index contributed by atoms with van der Waals surface area (Å²) in [6.45, 7) is 7.85. The monoisotopic (exact) mass is 397 g/mol. The van der Waals surface area contributed by atoms with Crippen molar-refractivity contribution < 1.29 is 24.2 Å². The van der Waals surface area contributed by atoms with Crippen molar-refractivity contribution in [2.75, 3.05) is 12.4 Å². The fraction of sp³-hybridized carbons (Fsp3) is 0.304. The molecule has 0 unspecified atom stereocenters. The Kier molecular flexibility index (Phi) is 7.04. The lowest BCUT2D eigenvalue weighted by Crippen LogP contribution is -2.29. The van der Waals surface area contributed by atoms with Crippen molar-refractivity contribution in [2.45, 2.75) is 39.2 Å². The van der Waals surface area contributed by atoms with Gasteiger partial charge < -0.3 is 19.9 Å². The Balaban J connectivity index is 1.92. The molecule has 154 valence electrons. The average Bonchev–Trinajstić information content (AvgIpc) is 2.67. The highest BCUT2D eigenvalue weighted by atomic mass is 16.5. The van der Waals surface area contributed by atoms with Gasteiger partial charge in [-0.1, -0.05) is 39.0 Å². The second kappa shape index (κ2) is 9.28. The second-order valence-corrected chi connectivity index (χ2v) is 7.66. The van der Waals surface area contributed by atoms with Crippen LogP contribution in [0.5, 0.6) is 11.5 Å². The number of carbonyl (C=O) groups is 2. The van der Waals surface area contributed by atoms with Crippen molar-refractivity contribution in [3.8, 4) is 11.5 Å². The number of carbonyl (C=O) groups excluding carboxylic acids is 2. The molecule has 6 nitrogen and oxygen atoms in total. The molecule has 0 spiro atoms. The van der Waals surface area contributed by atoms with E-state index in [1.54, 1.807) is 12.1 Å². The first-order valence-electron chi connectivity index (χ1n) is 9.27. The Hall–Kier alpha value is -3.28. The Labute approximate surface area is 171 Å². The van der Waals surface area contributed by atoms with Crippen LogP contribution in [0.4, 0.5) is 5.69 Å². The highest BCUT2D eigenvalue weighted by molar-refractivity contribution is 5.96. The molecule has 0 aliphatic rings. The number of aromatic hydroxyl groups is 1. The zero-order valence-electron chi connectivity index (χ0n) is 17.4. The van der Waals surface area contributed by atoms with Gasteiger partial charge in [-0.25, -0.2) is 4.79 Å². The molecule has 2 aromatic carbocycles. The fourth-order valence-corrected chi connectivity index (χ4v) is 2.53. The molecule has 6 heteroatoms. The normalized spacial score (nSPS) is 12.4. The van der Waals surface area contributed by atoms with Gasteiger partial charge in [0.2, 0.25) is 0 Å². The summed E-state index contributed by atoms with van der Waals surface area (Å²) in [5.41, 5.74) is 2.47. The summed E-state index contributed by atoms with van der Waals surface area (Å²) < 4.78 is 10.2. The molecule has 0 bridgehead atoms. The smallest absolute Gasteiger partial charge is 0.331 e. The van der Waals surface area contributed by atoms with Crippen LogP contribution in [0.1, 0.15) is 38.8 Å². The molecule has 2 aromatic rings. The summed E-state index contributed by atoms with van der Waals surface area (Å²) in [7, 11) is 1.44. The van der Waals surface area contributed by atoms with E-state index >= 15 is 0 Å². The Morgan fingerprint density at radius 3 is 2.34 bits per heavy atom. The summed E-state index contributed by atoms with van der Waals surface area (Å²) in [5.74, 6) is -0.761. The van der Waals surface area contributed by atoms with E-state index in [1.165, 1.54) is 32.3 Å². The quantitative estimate of drug-likeness (QED) is 0.561. The van der Waals surface area contributed by atoms with Crippen LogP contribution in [0.2, 0.25) is 0 Å². The molecule has 29 heavy (non-hydrogen) atoms. The van der Waals surface area contributed by atoms with E-state index in [-0.39, 0.29) is 11.2 Å². The van der Waals surface area contributed by atoms with Crippen molar-refractivity contribution in [3.05, 3.63) is 59.7 Å². The molecule has 2 rings (SSSR count). The third-order valence-electron chi connectivity index (χ3n) is 4.30. The van der Waals surface area contributed by atoms with Crippen molar-refractivity contribution in [2.24, 2.45) is 0 Å². The maximum atomic E-state index is 12.3. The number of methoxy groups -OCH3 is 1. The number of nitrogens with one attached hydrogen (secondary N) is 1. The molecule has 0 radical (unpaired) electrons. The summed E-state index contributed by atoms with van der Waals surface area (Å²) >= 11 is 0. The van der Waals surface area contributed by atoms with E-state index in [4.69, 9.17) is 9.47 Å². The Bertz CT molecular complexity index is 894. The highest BCUT2D eigenvalue weighted by Gasteiger charge is 2.18. The molecule has 0 aromatic heterocycles. The van der Waals surface area contributed by atoms with Crippen LogP contribution in [0.3, 0.4) is 0 Å². The standard InChI is InChI=1S/C23H27NO5/c1-15(22(27)24-18-10-8-17(9-11-18)23(2,3)4)29-21(26)13-7-16-6-12-19(25)20(14-16)28-5/h6-15,25H,1-5H3,(H,24,27)/b13-7+/t15-/m0/s1. The average molecular weight is 397 g/mol. The van der Waals surface area contributed by atoms with E-state index in [1.807, 2.05) is 24.3 Å². The molecule has 0 saturated heterocycles. The van der Waals surface area contributed by atoms with E-state index in [0.717, 1.165) is 5.56 Å². The van der Waals surface area contributed by atoms with Gasteiger partial charge in [0.15, 0.2) is 17.6 Å². The van der Waals surface area contributed by atoms with Gasteiger partial charge in [0.25, 0.3) is 5.91 Å². The highest BCUT2D eigenvalue weighted by Crippen LogP contribution is 2.27. The minimum Gasteiger partial charge on any atom is -0.504 e. The lowest BCUT2D eigenvalue weighted by atomic mass is 9.87. The van der Waals surface area contributed by atoms with Crippen LogP contribution < -0.4 is 10.1 Å². The van der Waals surface area contributed by atoms with Gasteiger partial charge in [0.1, 0.15) is 0 Å². The SMILES string of the molecule is COc1cc(/C=C/C(=O)O[C@@H](C)C(=O)Nc2ccc(C(C)(C)C)cc2)ccc1O. The number of phenolic OH excluding ortho intramolecular Hbond substituents is 1. The third kappa shape index (κ3) is 6.38. The summed E-state index contributed by atoms with van der Waals surface area (Å²) in [5, 5.41) is 12.3. The summed E-state index contributed by atoms with van der Waals surface area (Å²) in [4.78, 5) is 24.3. The van der Waals surface area contributed by atoms with Crippen LogP contribution >= 0.6 is 0 Å².